The molecule has 0 unspecified atom stereocenters. The van der Waals surface area contributed by atoms with Crippen molar-refractivity contribution in [1.29, 1.82) is 0 Å². The number of hydrogen-bond donors (Lipinski definition) is 0. The van der Waals surface area contributed by atoms with Gasteiger partial charge in [-0.1, -0.05) is 0 Å². The maximum atomic E-state index is 11.3. The average Bonchev–Trinajstić information content (AvgIpc) is 2.19. The second kappa shape index (κ2) is 4.59. The van der Waals surface area contributed by atoms with Crippen molar-refractivity contribution in [2.24, 2.45) is 0 Å². The molecule has 0 saturated carbocycles. The normalized spacial score (nSPS) is 10.6. The molecular formula is C11H12O4. The molecule has 0 bridgehead atoms. The Balaban J connectivity index is 3.17. The van der Waals surface area contributed by atoms with Crippen LogP contribution in [-0.2, 0) is 4.79 Å². The molecule has 0 aliphatic heterocycles. The second-order valence-corrected chi connectivity index (χ2v) is 3.07. The Morgan fingerprint density at radius 1 is 1.53 bits per heavy atom. The van der Waals surface area contributed by atoms with Crippen LogP contribution in [0.4, 0.5) is 0 Å². The quantitative estimate of drug-likeness (QED) is 0.707. The Labute approximate surface area is 87.2 Å². The first-order valence-electron chi connectivity index (χ1n) is 4.42. The van der Waals surface area contributed by atoms with Crippen LogP contribution < -0.4 is 10.4 Å². The third-order valence-electron chi connectivity index (χ3n) is 1.86. The zero-order valence-corrected chi connectivity index (χ0v) is 8.87. The molecule has 0 aromatic carbocycles. The van der Waals surface area contributed by atoms with E-state index in [1.54, 1.807) is 13.0 Å². The van der Waals surface area contributed by atoms with E-state index in [4.69, 9.17) is 9.15 Å². The maximum Gasteiger partial charge on any atom is 0.342 e. The van der Waals surface area contributed by atoms with Crippen LogP contribution in [0, 0.1) is 6.92 Å². The van der Waals surface area contributed by atoms with E-state index in [1.807, 2.05) is 0 Å². The van der Waals surface area contributed by atoms with Crippen molar-refractivity contribution in [3.63, 3.8) is 0 Å². The Bertz CT molecular complexity index is 454. The van der Waals surface area contributed by atoms with Crippen molar-refractivity contribution in [3.8, 4) is 5.75 Å². The fourth-order valence-electron chi connectivity index (χ4n) is 1.04. The fourth-order valence-corrected chi connectivity index (χ4v) is 1.04. The first-order valence-corrected chi connectivity index (χ1v) is 4.42. The summed E-state index contributed by atoms with van der Waals surface area (Å²) in [6.07, 6.45) is 2.76. The van der Waals surface area contributed by atoms with E-state index in [9.17, 15) is 9.59 Å². The van der Waals surface area contributed by atoms with Crippen LogP contribution in [0.3, 0.4) is 0 Å². The SMILES string of the molecule is COc1cc(C=CC(C)=O)oc(=O)c1C. The summed E-state index contributed by atoms with van der Waals surface area (Å²) in [5.74, 6) is 0.643. The van der Waals surface area contributed by atoms with Gasteiger partial charge >= 0.3 is 5.63 Å². The minimum Gasteiger partial charge on any atom is -0.496 e. The second-order valence-electron chi connectivity index (χ2n) is 3.07. The number of ether oxygens (including phenoxy) is 1. The number of rotatable bonds is 3. The molecular weight excluding hydrogens is 196 g/mol. The molecule has 1 aromatic heterocycles. The van der Waals surface area contributed by atoms with Crippen molar-refractivity contribution in [1.82, 2.24) is 0 Å². The zero-order chi connectivity index (χ0) is 11.4. The van der Waals surface area contributed by atoms with Gasteiger partial charge < -0.3 is 9.15 Å². The molecule has 0 spiro atoms. The van der Waals surface area contributed by atoms with E-state index in [2.05, 4.69) is 0 Å². The van der Waals surface area contributed by atoms with Crippen LogP contribution in [0.25, 0.3) is 6.08 Å². The molecule has 0 radical (unpaired) electrons. The summed E-state index contributed by atoms with van der Waals surface area (Å²) in [4.78, 5) is 22.0. The first kappa shape index (κ1) is 11.2. The minimum atomic E-state index is -0.461. The highest BCUT2D eigenvalue weighted by Crippen LogP contribution is 2.15. The molecule has 1 aromatic rings. The van der Waals surface area contributed by atoms with Crippen molar-refractivity contribution < 1.29 is 13.9 Å². The van der Waals surface area contributed by atoms with Gasteiger partial charge in [0.1, 0.15) is 11.5 Å². The minimum absolute atomic E-state index is 0.114. The number of ketones is 1. The predicted octanol–water partition coefficient (Wildman–Crippen LogP) is 1.56. The Kier molecular flexibility index (Phi) is 3.44. The lowest BCUT2D eigenvalue weighted by Gasteiger charge is -2.02. The molecule has 0 fully saturated rings. The molecule has 4 nitrogen and oxygen atoms in total. The van der Waals surface area contributed by atoms with E-state index < -0.39 is 5.63 Å². The third-order valence-corrected chi connectivity index (χ3v) is 1.86. The highest BCUT2D eigenvalue weighted by atomic mass is 16.5. The molecule has 0 aliphatic carbocycles. The van der Waals surface area contributed by atoms with Gasteiger partial charge in [0.25, 0.3) is 0 Å². The summed E-state index contributed by atoms with van der Waals surface area (Å²) >= 11 is 0. The summed E-state index contributed by atoms with van der Waals surface area (Å²) in [6.45, 7) is 3.03. The van der Waals surface area contributed by atoms with Crippen molar-refractivity contribution in [3.05, 3.63) is 33.9 Å². The molecule has 0 atom stereocenters. The Morgan fingerprint density at radius 2 is 2.20 bits per heavy atom. The lowest BCUT2D eigenvalue weighted by molar-refractivity contribution is -0.112. The lowest BCUT2D eigenvalue weighted by atomic mass is 10.2. The molecule has 1 rings (SSSR count). The molecule has 80 valence electrons. The van der Waals surface area contributed by atoms with Gasteiger partial charge in [0, 0.05) is 6.07 Å². The van der Waals surface area contributed by atoms with Crippen LogP contribution in [0.5, 0.6) is 5.75 Å². The Morgan fingerprint density at radius 3 is 2.73 bits per heavy atom. The van der Waals surface area contributed by atoms with Crippen molar-refractivity contribution >= 4 is 11.9 Å². The number of allylic oxidation sites excluding steroid dienone is 1. The van der Waals surface area contributed by atoms with Gasteiger partial charge in [0.2, 0.25) is 0 Å². The van der Waals surface area contributed by atoms with Crippen LogP contribution in [0.2, 0.25) is 0 Å². The van der Waals surface area contributed by atoms with Crippen LogP contribution >= 0.6 is 0 Å². The van der Waals surface area contributed by atoms with Crippen molar-refractivity contribution in [2.45, 2.75) is 13.8 Å². The van der Waals surface area contributed by atoms with Gasteiger partial charge in [-0.3, -0.25) is 4.79 Å². The molecule has 0 amide bonds. The number of carbonyl (C=O) groups excluding carboxylic acids is 1. The third kappa shape index (κ3) is 2.80. The standard InChI is InChI=1S/C11H12O4/c1-7(12)4-5-9-6-10(14-3)8(2)11(13)15-9/h4-6H,1-3H3. The van der Waals surface area contributed by atoms with Gasteiger partial charge in [-0.2, -0.15) is 0 Å². The summed E-state index contributed by atoms with van der Waals surface area (Å²) < 4.78 is 9.92. The van der Waals surface area contributed by atoms with E-state index in [-0.39, 0.29) is 5.78 Å². The molecule has 0 saturated heterocycles. The van der Waals surface area contributed by atoms with Crippen LogP contribution in [-0.4, -0.2) is 12.9 Å². The number of carbonyl (C=O) groups is 1. The monoisotopic (exact) mass is 208 g/mol. The van der Waals surface area contributed by atoms with Crippen LogP contribution in [0.15, 0.2) is 21.4 Å². The molecule has 0 N–H and O–H groups in total. The van der Waals surface area contributed by atoms with Crippen molar-refractivity contribution in [2.75, 3.05) is 7.11 Å². The average molecular weight is 208 g/mol. The van der Waals surface area contributed by atoms with Gasteiger partial charge in [0.05, 0.1) is 12.7 Å². The van der Waals surface area contributed by atoms with Gasteiger partial charge in [0.15, 0.2) is 5.78 Å². The van der Waals surface area contributed by atoms with Gasteiger partial charge in [-0.25, -0.2) is 4.79 Å². The van der Waals surface area contributed by atoms with Gasteiger partial charge in [-0.05, 0) is 26.0 Å². The van der Waals surface area contributed by atoms with E-state index >= 15 is 0 Å². The predicted molar refractivity (Wildman–Crippen MR) is 56.0 cm³/mol. The van der Waals surface area contributed by atoms with E-state index in [0.717, 1.165) is 0 Å². The maximum absolute atomic E-state index is 11.3. The highest BCUT2D eigenvalue weighted by Gasteiger charge is 2.05. The largest absolute Gasteiger partial charge is 0.496 e. The van der Waals surface area contributed by atoms with E-state index in [1.165, 1.54) is 26.2 Å². The smallest absolute Gasteiger partial charge is 0.342 e. The molecule has 4 heteroatoms. The van der Waals surface area contributed by atoms with E-state index in [0.29, 0.717) is 17.1 Å². The van der Waals surface area contributed by atoms with Gasteiger partial charge in [-0.15, -0.1) is 0 Å². The topological polar surface area (TPSA) is 56.5 Å². The summed E-state index contributed by atoms with van der Waals surface area (Å²) in [5.41, 5.74) is -0.0463. The number of hydrogen-bond acceptors (Lipinski definition) is 4. The molecule has 15 heavy (non-hydrogen) atoms. The summed E-state index contributed by atoms with van der Waals surface area (Å²) in [7, 11) is 1.47. The number of methoxy groups -OCH3 is 1. The summed E-state index contributed by atoms with van der Waals surface area (Å²) in [6, 6.07) is 1.57. The lowest BCUT2D eigenvalue weighted by Crippen LogP contribution is -2.06. The Hall–Kier alpha value is -1.84. The fraction of sp³-hybridized carbons (Fsp3) is 0.273. The summed E-state index contributed by atoms with van der Waals surface area (Å²) in [5, 5.41) is 0. The molecule has 1 heterocycles. The van der Waals surface area contributed by atoms with Crippen LogP contribution in [0.1, 0.15) is 18.2 Å². The highest BCUT2D eigenvalue weighted by molar-refractivity contribution is 5.91. The molecule has 0 aliphatic rings. The first-order chi connectivity index (χ1) is 7.04. The zero-order valence-electron chi connectivity index (χ0n) is 8.87.